The minimum absolute atomic E-state index is 0.293. The van der Waals surface area contributed by atoms with E-state index < -0.39 is 11.2 Å². The van der Waals surface area contributed by atoms with Crippen LogP contribution in [0.2, 0.25) is 0 Å². The highest BCUT2D eigenvalue weighted by Crippen LogP contribution is 2.15. The fourth-order valence-corrected chi connectivity index (χ4v) is 2.82. The molecule has 0 aliphatic heterocycles. The first-order valence-electron chi connectivity index (χ1n) is 7.76. The van der Waals surface area contributed by atoms with Crippen LogP contribution in [-0.4, -0.2) is 24.9 Å². The largest absolute Gasteiger partial charge is 0.332 e. The molecule has 1 N–H and O–H groups in total. The predicted octanol–water partition coefficient (Wildman–Crippen LogP) is 1.83. The summed E-state index contributed by atoms with van der Waals surface area (Å²) in [5, 5.41) is 4.18. The Morgan fingerprint density at radius 3 is 2.58 bits per heavy atom. The Morgan fingerprint density at radius 1 is 1.23 bits per heavy atom. The molecule has 2 aromatic heterocycles. The number of halogens is 1. The molecule has 0 atom stereocenters. The number of hydrogen-bond donors (Lipinski definition) is 1. The molecule has 134 valence electrons. The zero-order valence-electron chi connectivity index (χ0n) is 14.3. The zero-order valence-corrected chi connectivity index (χ0v) is 15.9. The average Bonchev–Trinajstić information content (AvgIpc) is 2.99. The van der Waals surface area contributed by atoms with Gasteiger partial charge in [0.2, 0.25) is 5.95 Å². The maximum atomic E-state index is 12.5. The van der Waals surface area contributed by atoms with Gasteiger partial charge in [-0.05, 0) is 17.7 Å². The van der Waals surface area contributed by atoms with E-state index in [-0.39, 0.29) is 0 Å². The summed E-state index contributed by atoms with van der Waals surface area (Å²) in [6.07, 6.45) is 3.29. The molecule has 0 aliphatic rings. The van der Waals surface area contributed by atoms with E-state index in [9.17, 15) is 9.59 Å². The summed E-state index contributed by atoms with van der Waals surface area (Å²) in [6.45, 7) is 4.06. The van der Waals surface area contributed by atoms with Crippen molar-refractivity contribution in [3.8, 4) is 0 Å². The SMILES string of the molecule is C=CCn1c(N/N=C\c2ccc(Br)cc2)nc2c1c(=O)n(C)c(=O)n2C. The number of nitrogens with one attached hydrogen (secondary N) is 1. The standard InChI is InChI=1S/C17H17BrN6O2/c1-4-9-24-13-14(22(2)17(26)23(3)15(13)25)20-16(24)21-19-10-11-5-7-12(18)8-6-11/h4-8,10H,1,9H2,2-3H3,(H,20,21)/b19-10-. The van der Waals surface area contributed by atoms with Crippen molar-refractivity contribution in [2.75, 3.05) is 5.43 Å². The van der Waals surface area contributed by atoms with Gasteiger partial charge in [0.1, 0.15) is 0 Å². The van der Waals surface area contributed by atoms with Gasteiger partial charge in [-0.2, -0.15) is 10.1 Å². The highest BCUT2D eigenvalue weighted by Gasteiger charge is 2.18. The number of aromatic nitrogens is 4. The second-order valence-corrected chi connectivity index (χ2v) is 6.55. The van der Waals surface area contributed by atoms with Crippen LogP contribution in [0.25, 0.3) is 11.2 Å². The quantitative estimate of drug-likeness (QED) is 0.390. The molecule has 0 fully saturated rings. The predicted molar refractivity (Wildman–Crippen MR) is 106 cm³/mol. The molecule has 2 heterocycles. The van der Waals surface area contributed by atoms with E-state index in [0.29, 0.717) is 23.7 Å². The number of nitrogens with zero attached hydrogens (tertiary/aromatic N) is 5. The molecule has 3 aromatic rings. The second kappa shape index (κ2) is 7.12. The molecule has 0 radical (unpaired) electrons. The smallest absolute Gasteiger partial charge is 0.299 e. The van der Waals surface area contributed by atoms with Crippen LogP contribution in [0.5, 0.6) is 0 Å². The third-order valence-corrected chi connectivity index (χ3v) is 4.44. The summed E-state index contributed by atoms with van der Waals surface area (Å²) >= 11 is 3.38. The van der Waals surface area contributed by atoms with Gasteiger partial charge in [0, 0.05) is 25.1 Å². The molecular formula is C17H17BrN6O2. The zero-order chi connectivity index (χ0) is 18.8. The van der Waals surface area contributed by atoms with Crippen molar-refractivity contribution in [2.45, 2.75) is 6.54 Å². The number of hydrazone groups is 1. The Kier molecular flexibility index (Phi) is 4.90. The molecule has 0 saturated carbocycles. The van der Waals surface area contributed by atoms with E-state index in [2.05, 4.69) is 38.0 Å². The molecule has 0 saturated heterocycles. The van der Waals surface area contributed by atoms with Gasteiger partial charge < -0.3 is 0 Å². The van der Waals surface area contributed by atoms with Crippen LogP contribution >= 0.6 is 15.9 Å². The van der Waals surface area contributed by atoms with Crippen molar-refractivity contribution in [3.63, 3.8) is 0 Å². The number of imidazole rings is 1. The highest BCUT2D eigenvalue weighted by atomic mass is 79.9. The number of hydrogen-bond acceptors (Lipinski definition) is 5. The molecule has 9 heteroatoms. The Labute approximate surface area is 157 Å². The van der Waals surface area contributed by atoms with Gasteiger partial charge in [0.25, 0.3) is 5.56 Å². The lowest BCUT2D eigenvalue weighted by molar-refractivity contribution is 0.703. The fourth-order valence-electron chi connectivity index (χ4n) is 2.55. The maximum absolute atomic E-state index is 12.5. The first-order valence-corrected chi connectivity index (χ1v) is 8.55. The van der Waals surface area contributed by atoms with Crippen molar-refractivity contribution in [2.24, 2.45) is 19.2 Å². The van der Waals surface area contributed by atoms with Gasteiger partial charge in [0.15, 0.2) is 11.2 Å². The summed E-state index contributed by atoms with van der Waals surface area (Å²) in [4.78, 5) is 29.0. The van der Waals surface area contributed by atoms with Crippen LogP contribution in [-0.2, 0) is 20.6 Å². The van der Waals surface area contributed by atoms with Crippen molar-refractivity contribution >= 4 is 39.3 Å². The van der Waals surface area contributed by atoms with Gasteiger partial charge in [-0.3, -0.25) is 18.5 Å². The summed E-state index contributed by atoms with van der Waals surface area (Å²) < 4.78 is 5.01. The summed E-state index contributed by atoms with van der Waals surface area (Å²) in [5.74, 6) is 0.353. The first-order chi connectivity index (χ1) is 12.4. The minimum atomic E-state index is -0.435. The lowest BCUT2D eigenvalue weighted by atomic mass is 10.2. The summed E-state index contributed by atoms with van der Waals surface area (Å²) in [7, 11) is 3.01. The Hall–Kier alpha value is -2.94. The Balaban J connectivity index is 2.06. The van der Waals surface area contributed by atoms with E-state index in [4.69, 9.17) is 0 Å². The molecule has 0 amide bonds. The third kappa shape index (κ3) is 3.13. The van der Waals surface area contributed by atoms with E-state index >= 15 is 0 Å². The molecule has 3 rings (SSSR count). The van der Waals surface area contributed by atoms with Gasteiger partial charge in [-0.15, -0.1) is 6.58 Å². The maximum Gasteiger partial charge on any atom is 0.332 e. The third-order valence-electron chi connectivity index (χ3n) is 3.91. The number of anilines is 1. The lowest BCUT2D eigenvalue weighted by Crippen LogP contribution is -2.37. The first kappa shape index (κ1) is 17.9. The second-order valence-electron chi connectivity index (χ2n) is 5.63. The number of fused-ring (bicyclic) bond motifs is 1. The lowest BCUT2D eigenvalue weighted by Gasteiger charge is -2.06. The van der Waals surface area contributed by atoms with Gasteiger partial charge in [-0.25, -0.2) is 10.2 Å². The molecule has 1 aromatic carbocycles. The van der Waals surface area contributed by atoms with E-state index in [1.54, 1.807) is 23.9 Å². The topological polar surface area (TPSA) is 86.2 Å². The average molecular weight is 417 g/mol. The Bertz CT molecular complexity index is 1120. The number of benzene rings is 1. The molecule has 0 spiro atoms. The summed E-state index contributed by atoms with van der Waals surface area (Å²) in [6, 6.07) is 7.63. The monoisotopic (exact) mass is 416 g/mol. The van der Waals surface area contributed by atoms with Crippen molar-refractivity contribution in [3.05, 3.63) is 67.8 Å². The van der Waals surface area contributed by atoms with Crippen LogP contribution < -0.4 is 16.7 Å². The summed E-state index contributed by atoms with van der Waals surface area (Å²) in [5.41, 5.74) is 3.50. The van der Waals surface area contributed by atoms with Crippen LogP contribution in [0, 0.1) is 0 Å². The van der Waals surface area contributed by atoms with Crippen LogP contribution in [0.1, 0.15) is 5.56 Å². The van der Waals surface area contributed by atoms with Gasteiger partial charge in [0.05, 0.1) is 6.21 Å². The van der Waals surface area contributed by atoms with Crippen LogP contribution in [0.3, 0.4) is 0 Å². The van der Waals surface area contributed by atoms with Crippen molar-refractivity contribution in [1.29, 1.82) is 0 Å². The number of aryl methyl sites for hydroxylation is 1. The van der Waals surface area contributed by atoms with Gasteiger partial charge in [-0.1, -0.05) is 34.1 Å². The molecule has 0 unspecified atom stereocenters. The Morgan fingerprint density at radius 2 is 1.92 bits per heavy atom. The van der Waals surface area contributed by atoms with Crippen LogP contribution in [0.4, 0.5) is 5.95 Å². The molecule has 0 aliphatic carbocycles. The van der Waals surface area contributed by atoms with E-state index in [1.807, 2.05) is 24.3 Å². The minimum Gasteiger partial charge on any atom is -0.299 e. The van der Waals surface area contributed by atoms with E-state index in [1.165, 1.54) is 11.6 Å². The van der Waals surface area contributed by atoms with Crippen molar-refractivity contribution < 1.29 is 0 Å². The number of rotatable bonds is 5. The van der Waals surface area contributed by atoms with Crippen LogP contribution in [0.15, 0.2) is 56.1 Å². The van der Waals surface area contributed by atoms with Crippen molar-refractivity contribution in [1.82, 2.24) is 18.7 Å². The fraction of sp³-hybridized carbons (Fsp3) is 0.176. The highest BCUT2D eigenvalue weighted by molar-refractivity contribution is 9.10. The molecule has 8 nitrogen and oxygen atoms in total. The molecule has 26 heavy (non-hydrogen) atoms. The number of allylic oxidation sites excluding steroid dienone is 1. The molecule has 0 bridgehead atoms. The normalized spacial score (nSPS) is 11.3. The molecular weight excluding hydrogens is 400 g/mol. The van der Waals surface area contributed by atoms with Gasteiger partial charge >= 0.3 is 5.69 Å². The van der Waals surface area contributed by atoms with E-state index in [0.717, 1.165) is 14.6 Å².